The van der Waals surface area contributed by atoms with Crippen molar-refractivity contribution in [3.05, 3.63) is 12.2 Å². The normalized spacial score (nSPS) is 12.0. The summed E-state index contributed by atoms with van der Waals surface area (Å²) in [4.78, 5) is 23.4. The molecule has 0 aromatic rings. The number of likely N-dealkylation sites (N-methyl/N-ethyl adjacent to an activating group) is 1. The number of carboxylic acid groups (broad SMARTS) is 2. The van der Waals surface area contributed by atoms with E-state index in [1.54, 1.807) is 0 Å². The summed E-state index contributed by atoms with van der Waals surface area (Å²) in [5.41, 5.74) is 0. The third kappa shape index (κ3) is 26.6. The van der Waals surface area contributed by atoms with Gasteiger partial charge in [-0.25, -0.2) is 0 Å². The van der Waals surface area contributed by atoms with Gasteiger partial charge in [-0.05, 0) is 33.4 Å². The van der Waals surface area contributed by atoms with Gasteiger partial charge in [-0.1, -0.05) is 83.3 Å². The number of unbranched alkanes of at least 4 members (excludes halogenated alkanes) is 11. The van der Waals surface area contributed by atoms with Crippen LogP contribution in [0, 0.1) is 5.92 Å². The summed E-state index contributed by atoms with van der Waals surface area (Å²) < 4.78 is 0. The van der Waals surface area contributed by atoms with Crippen molar-refractivity contribution in [3.8, 4) is 0 Å². The summed E-state index contributed by atoms with van der Waals surface area (Å²) in [6.45, 7) is 3.27. The zero-order valence-corrected chi connectivity index (χ0v) is 19.7. The lowest BCUT2D eigenvalue weighted by atomic mass is 10.0. The van der Waals surface area contributed by atoms with E-state index in [9.17, 15) is 9.59 Å². The monoisotopic (exact) mass is 429 g/mol. The molecule has 3 N–H and O–H groups in total. The van der Waals surface area contributed by atoms with Crippen molar-refractivity contribution in [2.45, 2.75) is 96.8 Å². The maximum Gasteiger partial charge on any atom is 0.307 e. The number of allylic oxidation sites excluding steroid dienone is 2. The molecule has 0 bridgehead atoms. The molecule has 6 heteroatoms. The number of hydrogen-bond acceptors (Lipinski definition) is 4. The van der Waals surface area contributed by atoms with E-state index in [1.165, 1.54) is 64.2 Å². The summed E-state index contributed by atoms with van der Waals surface area (Å²) in [6.07, 6.45) is 19.2. The molecule has 0 saturated heterocycles. The standard InChI is InChI=1S/C20H36O4.C4H11NO/c1-2-3-4-5-6-7-8-9-10-11-12-13-14-15-16-18(20(23)24)17-19(21)22;1-5(2)3-4-6/h14-15,18H,2-13,16-17H2,1H3,(H,21,22)(H,23,24);6H,3-4H2,1-2H3. The van der Waals surface area contributed by atoms with Crippen molar-refractivity contribution in [3.63, 3.8) is 0 Å². The minimum atomic E-state index is -1.05. The van der Waals surface area contributed by atoms with Crippen LogP contribution in [-0.2, 0) is 9.59 Å². The Morgan fingerprint density at radius 1 is 0.833 bits per heavy atom. The summed E-state index contributed by atoms with van der Waals surface area (Å²) in [6, 6.07) is 0. The highest BCUT2D eigenvalue weighted by molar-refractivity contribution is 5.77. The second-order valence-corrected chi connectivity index (χ2v) is 8.19. The van der Waals surface area contributed by atoms with Crippen molar-refractivity contribution in [1.82, 2.24) is 4.90 Å². The van der Waals surface area contributed by atoms with E-state index in [0.717, 1.165) is 19.4 Å². The highest BCUT2D eigenvalue weighted by Gasteiger charge is 2.19. The highest BCUT2D eigenvalue weighted by Crippen LogP contribution is 2.13. The highest BCUT2D eigenvalue weighted by atomic mass is 16.4. The van der Waals surface area contributed by atoms with E-state index < -0.39 is 17.9 Å². The van der Waals surface area contributed by atoms with Gasteiger partial charge in [0.15, 0.2) is 0 Å². The van der Waals surface area contributed by atoms with E-state index in [0.29, 0.717) is 6.42 Å². The first-order valence-corrected chi connectivity index (χ1v) is 11.7. The molecule has 0 aliphatic carbocycles. The van der Waals surface area contributed by atoms with Crippen molar-refractivity contribution in [1.29, 1.82) is 0 Å². The molecule has 0 fully saturated rings. The maximum absolute atomic E-state index is 10.9. The first kappa shape index (κ1) is 30.8. The van der Waals surface area contributed by atoms with E-state index in [1.807, 2.05) is 31.1 Å². The van der Waals surface area contributed by atoms with Crippen LogP contribution in [-0.4, -0.2) is 59.4 Å². The third-order valence-electron chi connectivity index (χ3n) is 4.88. The molecule has 0 radical (unpaired) electrons. The number of carbonyl (C=O) groups is 2. The molecule has 0 heterocycles. The number of rotatable bonds is 19. The van der Waals surface area contributed by atoms with Crippen LogP contribution in [0.1, 0.15) is 96.8 Å². The Hall–Kier alpha value is -1.40. The molecular formula is C24H47NO5. The average molecular weight is 430 g/mol. The fraction of sp³-hybridized carbons (Fsp3) is 0.833. The van der Waals surface area contributed by atoms with Crippen LogP contribution in [0.2, 0.25) is 0 Å². The maximum atomic E-state index is 10.9. The molecule has 178 valence electrons. The molecule has 0 aromatic carbocycles. The Labute approximate surface area is 184 Å². The molecule has 0 amide bonds. The summed E-state index contributed by atoms with van der Waals surface area (Å²) in [5, 5.41) is 25.8. The molecule has 30 heavy (non-hydrogen) atoms. The fourth-order valence-corrected chi connectivity index (χ4v) is 2.99. The predicted molar refractivity (Wildman–Crippen MR) is 124 cm³/mol. The first-order valence-electron chi connectivity index (χ1n) is 11.7. The summed E-state index contributed by atoms with van der Waals surface area (Å²) in [5.74, 6) is -2.89. The van der Waals surface area contributed by atoms with Crippen LogP contribution < -0.4 is 0 Å². The zero-order chi connectivity index (χ0) is 23.0. The third-order valence-corrected chi connectivity index (χ3v) is 4.88. The molecule has 0 saturated carbocycles. The van der Waals surface area contributed by atoms with Gasteiger partial charge in [-0.2, -0.15) is 0 Å². The molecule has 0 aromatic heterocycles. The Morgan fingerprint density at radius 2 is 1.33 bits per heavy atom. The molecule has 6 nitrogen and oxygen atoms in total. The van der Waals surface area contributed by atoms with Gasteiger partial charge in [0.1, 0.15) is 0 Å². The number of hydrogen-bond donors (Lipinski definition) is 3. The van der Waals surface area contributed by atoms with E-state index in [2.05, 4.69) is 6.92 Å². The lowest BCUT2D eigenvalue weighted by Gasteiger charge is -2.05. The van der Waals surface area contributed by atoms with Crippen molar-refractivity contribution < 1.29 is 24.9 Å². The number of carboxylic acids is 2. The summed E-state index contributed by atoms with van der Waals surface area (Å²) in [7, 11) is 3.85. The van der Waals surface area contributed by atoms with Crippen molar-refractivity contribution in [2.24, 2.45) is 5.92 Å². The predicted octanol–water partition coefficient (Wildman–Crippen LogP) is 5.35. The van der Waals surface area contributed by atoms with Crippen LogP contribution in [0.4, 0.5) is 0 Å². The average Bonchev–Trinajstić information content (AvgIpc) is 2.67. The molecule has 0 aliphatic rings. The Balaban J connectivity index is 0. The Bertz CT molecular complexity index is 424. The van der Waals surface area contributed by atoms with E-state index >= 15 is 0 Å². The van der Waals surface area contributed by atoms with Gasteiger partial charge >= 0.3 is 11.9 Å². The second kappa shape index (κ2) is 23.9. The largest absolute Gasteiger partial charge is 0.481 e. The Morgan fingerprint density at radius 3 is 1.70 bits per heavy atom. The van der Waals surface area contributed by atoms with Crippen LogP contribution in [0.15, 0.2) is 12.2 Å². The van der Waals surface area contributed by atoms with E-state index in [4.69, 9.17) is 15.3 Å². The van der Waals surface area contributed by atoms with Gasteiger partial charge in [-0.15, -0.1) is 0 Å². The number of aliphatic hydroxyl groups is 1. The fourth-order valence-electron chi connectivity index (χ4n) is 2.99. The van der Waals surface area contributed by atoms with Gasteiger partial charge < -0.3 is 20.2 Å². The van der Waals surface area contributed by atoms with E-state index in [-0.39, 0.29) is 13.0 Å². The number of aliphatic hydroxyl groups excluding tert-OH is 1. The summed E-state index contributed by atoms with van der Waals surface area (Å²) >= 11 is 0. The molecule has 1 unspecified atom stereocenters. The molecule has 1 atom stereocenters. The smallest absolute Gasteiger partial charge is 0.307 e. The zero-order valence-electron chi connectivity index (χ0n) is 19.7. The van der Waals surface area contributed by atoms with Crippen LogP contribution in [0.25, 0.3) is 0 Å². The first-order chi connectivity index (χ1) is 14.3. The topological polar surface area (TPSA) is 98.1 Å². The molecular weight excluding hydrogens is 382 g/mol. The lowest BCUT2D eigenvalue weighted by molar-refractivity contribution is -0.148. The quantitative estimate of drug-likeness (QED) is 0.189. The number of nitrogens with zero attached hydrogens (tertiary/aromatic N) is 1. The van der Waals surface area contributed by atoms with Gasteiger partial charge in [0.05, 0.1) is 18.9 Å². The van der Waals surface area contributed by atoms with Gasteiger partial charge in [-0.3, -0.25) is 9.59 Å². The van der Waals surface area contributed by atoms with Gasteiger partial charge in [0, 0.05) is 6.54 Å². The van der Waals surface area contributed by atoms with Crippen LogP contribution in [0.5, 0.6) is 0 Å². The number of aliphatic carboxylic acids is 2. The van der Waals surface area contributed by atoms with Crippen LogP contribution >= 0.6 is 0 Å². The molecule has 0 spiro atoms. The lowest BCUT2D eigenvalue weighted by Crippen LogP contribution is -2.16. The van der Waals surface area contributed by atoms with Gasteiger partial charge in [0.25, 0.3) is 0 Å². The minimum Gasteiger partial charge on any atom is -0.481 e. The Kier molecular flexibility index (Phi) is 24.5. The van der Waals surface area contributed by atoms with Crippen molar-refractivity contribution >= 4 is 11.9 Å². The SMILES string of the molecule is CCCCCCCCCCCCCC=CCC(CC(=O)O)C(=O)O.CN(C)CCO. The van der Waals surface area contributed by atoms with Gasteiger partial charge in [0.2, 0.25) is 0 Å². The van der Waals surface area contributed by atoms with Crippen molar-refractivity contribution in [2.75, 3.05) is 27.2 Å². The molecule has 0 aliphatic heterocycles. The second-order valence-electron chi connectivity index (χ2n) is 8.19. The molecule has 0 rings (SSSR count). The minimum absolute atomic E-state index is 0.257. The van der Waals surface area contributed by atoms with Crippen LogP contribution in [0.3, 0.4) is 0 Å².